The summed E-state index contributed by atoms with van der Waals surface area (Å²) in [6, 6.07) is 0. The van der Waals surface area contributed by atoms with Gasteiger partial charge in [0.15, 0.2) is 24.1 Å². The first-order valence-electron chi connectivity index (χ1n) is 4.38. The molecular weight excluding hydrogens is 184 g/mol. The summed E-state index contributed by atoms with van der Waals surface area (Å²) in [4.78, 5) is 0. The summed E-state index contributed by atoms with van der Waals surface area (Å²) in [6.45, 7) is 7.45. The molecule has 14 heavy (non-hydrogen) atoms. The molecule has 0 radical (unpaired) electrons. The Morgan fingerprint density at radius 3 is 3.00 bits per heavy atom. The van der Waals surface area contributed by atoms with Crippen molar-refractivity contribution in [2.24, 2.45) is 0 Å². The largest absolute Gasteiger partial charge is 0.492 e. The fraction of sp³-hybridized carbons (Fsp3) is 0.400. The smallest absolute Gasteiger partial charge is 0.170 e. The summed E-state index contributed by atoms with van der Waals surface area (Å²) < 4.78 is 21.2. The molecule has 2 aliphatic heterocycles. The SMILES string of the molecule is C=COC1=COC2C(OC=C)COC12. The van der Waals surface area contributed by atoms with Crippen molar-refractivity contribution in [3.63, 3.8) is 0 Å². The molecule has 0 aromatic rings. The minimum Gasteiger partial charge on any atom is -0.492 e. The van der Waals surface area contributed by atoms with Crippen LogP contribution in [0, 0.1) is 0 Å². The molecule has 1 fully saturated rings. The van der Waals surface area contributed by atoms with Crippen LogP contribution in [-0.4, -0.2) is 24.9 Å². The monoisotopic (exact) mass is 196 g/mol. The van der Waals surface area contributed by atoms with Crippen LogP contribution in [0.4, 0.5) is 0 Å². The van der Waals surface area contributed by atoms with E-state index in [2.05, 4.69) is 13.2 Å². The van der Waals surface area contributed by atoms with E-state index >= 15 is 0 Å². The number of fused-ring (bicyclic) bond motifs is 1. The second-order valence-corrected chi connectivity index (χ2v) is 3.00. The normalized spacial score (nSPS) is 34.0. The first-order valence-corrected chi connectivity index (χ1v) is 4.38. The van der Waals surface area contributed by atoms with Gasteiger partial charge >= 0.3 is 0 Å². The van der Waals surface area contributed by atoms with Crippen LogP contribution in [0.2, 0.25) is 0 Å². The Kier molecular flexibility index (Phi) is 2.45. The molecule has 0 aromatic heterocycles. The predicted octanol–water partition coefficient (Wildman–Crippen LogP) is 1.31. The van der Waals surface area contributed by atoms with Crippen molar-refractivity contribution in [3.8, 4) is 0 Å². The van der Waals surface area contributed by atoms with E-state index in [1.807, 2.05) is 0 Å². The van der Waals surface area contributed by atoms with E-state index in [1.54, 1.807) is 0 Å². The Bertz CT molecular complexity index is 271. The highest BCUT2D eigenvalue weighted by molar-refractivity contribution is 5.12. The van der Waals surface area contributed by atoms with Crippen molar-refractivity contribution in [1.29, 1.82) is 0 Å². The second-order valence-electron chi connectivity index (χ2n) is 3.00. The van der Waals surface area contributed by atoms with Gasteiger partial charge in [-0.2, -0.15) is 0 Å². The van der Waals surface area contributed by atoms with Crippen molar-refractivity contribution in [2.75, 3.05) is 6.61 Å². The summed E-state index contributed by atoms with van der Waals surface area (Å²) in [6.07, 6.45) is 3.85. The van der Waals surface area contributed by atoms with Gasteiger partial charge in [0.2, 0.25) is 0 Å². The summed E-state index contributed by atoms with van der Waals surface area (Å²) in [5.41, 5.74) is 0. The van der Waals surface area contributed by atoms with E-state index in [1.165, 1.54) is 18.8 Å². The highest BCUT2D eigenvalue weighted by atomic mass is 16.6. The summed E-state index contributed by atoms with van der Waals surface area (Å²) in [7, 11) is 0. The molecule has 0 spiro atoms. The zero-order valence-electron chi connectivity index (χ0n) is 7.72. The summed E-state index contributed by atoms with van der Waals surface area (Å²) >= 11 is 0. The molecule has 0 aromatic carbocycles. The fourth-order valence-electron chi connectivity index (χ4n) is 1.63. The molecule has 2 rings (SSSR count). The van der Waals surface area contributed by atoms with Gasteiger partial charge < -0.3 is 18.9 Å². The molecule has 4 heteroatoms. The predicted molar refractivity (Wildman–Crippen MR) is 49.0 cm³/mol. The maximum Gasteiger partial charge on any atom is 0.170 e. The summed E-state index contributed by atoms with van der Waals surface area (Å²) in [5.74, 6) is 0.639. The molecule has 2 aliphatic rings. The molecular formula is C10H12O4. The zero-order chi connectivity index (χ0) is 9.97. The highest BCUT2D eigenvalue weighted by Crippen LogP contribution is 2.32. The third-order valence-electron chi connectivity index (χ3n) is 2.22. The van der Waals surface area contributed by atoms with E-state index in [-0.39, 0.29) is 18.3 Å². The van der Waals surface area contributed by atoms with E-state index in [0.717, 1.165) is 0 Å². The van der Waals surface area contributed by atoms with Crippen LogP contribution in [0.25, 0.3) is 0 Å². The number of hydrogen-bond donors (Lipinski definition) is 0. The lowest BCUT2D eigenvalue weighted by atomic mass is 10.1. The van der Waals surface area contributed by atoms with E-state index in [0.29, 0.717) is 12.4 Å². The minimum atomic E-state index is -0.182. The molecule has 0 saturated carbocycles. The molecule has 3 atom stereocenters. The first-order chi connectivity index (χ1) is 6.86. The van der Waals surface area contributed by atoms with Crippen molar-refractivity contribution in [1.82, 2.24) is 0 Å². The molecule has 0 N–H and O–H groups in total. The molecule has 0 amide bonds. The topological polar surface area (TPSA) is 36.9 Å². The van der Waals surface area contributed by atoms with Crippen molar-refractivity contribution >= 4 is 0 Å². The van der Waals surface area contributed by atoms with Crippen LogP contribution in [-0.2, 0) is 18.9 Å². The lowest BCUT2D eigenvalue weighted by Crippen LogP contribution is -2.30. The average molecular weight is 196 g/mol. The number of rotatable bonds is 4. The van der Waals surface area contributed by atoms with Crippen molar-refractivity contribution in [3.05, 3.63) is 37.7 Å². The van der Waals surface area contributed by atoms with E-state index in [4.69, 9.17) is 18.9 Å². The molecule has 2 heterocycles. The van der Waals surface area contributed by atoms with Crippen molar-refractivity contribution < 1.29 is 18.9 Å². The van der Waals surface area contributed by atoms with Gasteiger partial charge in [-0.25, -0.2) is 0 Å². The standard InChI is InChI=1S/C10H12O4/c1-3-11-7-5-13-10-8(12-4-2)6-14-9(7)10/h3-5,8-10H,1-2,6H2. The Hall–Kier alpha value is -1.42. The van der Waals surface area contributed by atoms with Crippen LogP contribution in [0.5, 0.6) is 0 Å². The zero-order valence-corrected chi connectivity index (χ0v) is 7.72. The minimum absolute atomic E-state index is 0.111. The van der Waals surface area contributed by atoms with Crippen LogP contribution in [0.3, 0.4) is 0 Å². The molecule has 76 valence electrons. The van der Waals surface area contributed by atoms with Crippen LogP contribution >= 0.6 is 0 Å². The number of hydrogen-bond acceptors (Lipinski definition) is 4. The summed E-state index contributed by atoms with van der Waals surface area (Å²) in [5, 5.41) is 0. The maximum absolute atomic E-state index is 5.47. The number of ether oxygens (including phenoxy) is 4. The van der Waals surface area contributed by atoms with Crippen molar-refractivity contribution in [2.45, 2.75) is 18.3 Å². The van der Waals surface area contributed by atoms with Gasteiger partial charge in [-0.05, 0) is 0 Å². The van der Waals surface area contributed by atoms with Gasteiger partial charge in [0.1, 0.15) is 6.26 Å². The molecule has 4 nitrogen and oxygen atoms in total. The lowest BCUT2D eigenvalue weighted by molar-refractivity contribution is 0.0347. The van der Waals surface area contributed by atoms with Gasteiger partial charge in [-0.1, -0.05) is 13.2 Å². The van der Waals surface area contributed by atoms with Gasteiger partial charge in [0, 0.05) is 0 Å². The fourth-order valence-corrected chi connectivity index (χ4v) is 1.63. The van der Waals surface area contributed by atoms with Crippen LogP contribution in [0.15, 0.2) is 37.7 Å². The Labute approximate surface area is 82.4 Å². The second kappa shape index (κ2) is 3.75. The van der Waals surface area contributed by atoms with Crippen LogP contribution < -0.4 is 0 Å². The average Bonchev–Trinajstić information content (AvgIpc) is 2.72. The van der Waals surface area contributed by atoms with Gasteiger partial charge in [0.25, 0.3) is 0 Å². The quantitative estimate of drug-likeness (QED) is 0.635. The van der Waals surface area contributed by atoms with E-state index < -0.39 is 0 Å². The lowest BCUT2D eigenvalue weighted by Gasteiger charge is -2.15. The first kappa shape index (κ1) is 9.15. The van der Waals surface area contributed by atoms with Gasteiger partial charge in [0.05, 0.1) is 19.1 Å². The molecule has 3 unspecified atom stereocenters. The third kappa shape index (κ3) is 1.37. The van der Waals surface area contributed by atoms with Crippen LogP contribution in [0.1, 0.15) is 0 Å². The van der Waals surface area contributed by atoms with E-state index in [9.17, 15) is 0 Å². The molecule has 0 bridgehead atoms. The third-order valence-corrected chi connectivity index (χ3v) is 2.22. The maximum atomic E-state index is 5.47. The Morgan fingerprint density at radius 2 is 2.29 bits per heavy atom. The molecule has 0 aliphatic carbocycles. The highest BCUT2D eigenvalue weighted by Gasteiger charge is 2.46. The van der Waals surface area contributed by atoms with Gasteiger partial charge in [-0.15, -0.1) is 0 Å². The van der Waals surface area contributed by atoms with Gasteiger partial charge in [-0.3, -0.25) is 0 Å². The Morgan fingerprint density at radius 1 is 1.43 bits per heavy atom. The Balaban J connectivity index is 2.00. The molecule has 1 saturated heterocycles.